The zero-order chi connectivity index (χ0) is 19.2. The molecule has 0 unspecified atom stereocenters. The molecule has 0 bridgehead atoms. The summed E-state index contributed by atoms with van der Waals surface area (Å²) >= 11 is 0. The predicted molar refractivity (Wildman–Crippen MR) is 106 cm³/mol. The van der Waals surface area contributed by atoms with Crippen molar-refractivity contribution in [3.8, 4) is 11.1 Å². The molecule has 2 N–H and O–H groups in total. The summed E-state index contributed by atoms with van der Waals surface area (Å²) < 4.78 is 1.89. The Bertz CT molecular complexity index is 898. The first kappa shape index (κ1) is 18.9. The Morgan fingerprint density at radius 1 is 1.19 bits per heavy atom. The van der Waals surface area contributed by atoms with E-state index in [-0.39, 0.29) is 5.91 Å². The number of carbonyl (C=O) groups excluding carboxylic acids is 1. The van der Waals surface area contributed by atoms with Gasteiger partial charge in [0.25, 0.3) is 5.91 Å². The van der Waals surface area contributed by atoms with Gasteiger partial charge in [0.1, 0.15) is 0 Å². The first-order valence-electron chi connectivity index (χ1n) is 9.18. The number of aliphatic hydroxyl groups excluding tert-OH is 1. The number of nitrogens with zero attached hydrogens (tertiary/aromatic N) is 2. The van der Waals surface area contributed by atoms with Crippen molar-refractivity contribution in [1.82, 2.24) is 15.1 Å². The highest BCUT2D eigenvalue weighted by molar-refractivity contribution is 5.94. The lowest BCUT2D eigenvalue weighted by atomic mass is 10.00. The molecule has 140 valence electrons. The third kappa shape index (κ3) is 5.05. The molecule has 0 spiro atoms. The van der Waals surface area contributed by atoms with Gasteiger partial charge in [-0.2, -0.15) is 5.10 Å². The molecule has 0 saturated carbocycles. The van der Waals surface area contributed by atoms with Crippen LogP contribution in [0.5, 0.6) is 0 Å². The first-order chi connectivity index (χ1) is 13.0. The number of aliphatic hydroxyl groups is 1. The van der Waals surface area contributed by atoms with Gasteiger partial charge in [-0.3, -0.25) is 9.48 Å². The van der Waals surface area contributed by atoms with Gasteiger partial charge in [0, 0.05) is 24.8 Å². The third-order valence-electron chi connectivity index (χ3n) is 4.46. The molecule has 5 nitrogen and oxygen atoms in total. The molecule has 0 saturated heterocycles. The molecular formula is C22H25N3O2. The minimum absolute atomic E-state index is 0.0732. The zero-order valence-corrected chi connectivity index (χ0v) is 15.7. The normalized spacial score (nSPS) is 12.0. The number of aryl methyl sites for hydroxylation is 2. The minimum atomic E-state index is -0.499. The Morgan fingerprint density at radius 2 is 1.96 bits per heavy atom. The fourth-order valence-electron chi connectivity index (χ4n) is 2.93. The lowest BCUT2D eigenvalue weighted by molar-refractivity contribution is 0.0952. The van der Waals surface area contributed by atoms with Crippen LogP contribution in [0.4, 0.5) is 0 Å². The fourth-order valence-corrected chi connectivity index (χ4v) is 2.93. The monoisotopic (exact) mass is 363 g/mol. The molecule has 2 aromatic carbocycles. The quantitative estimate of drug-likeness (QED) is 0.629. The maximum Gasteiger partial charge on any atom is 0.251 e. The van der Waals surface area contributed by atoms with E-state index in [0.29, 0.717) is 12.1 Å². The number of hydrogen-bond acceptors (Lipinski definition) is 3. The number of carbonyl (C=O) groups is 1. The van der Waals surface area contributed by atoms with Crippen molar-refractivity contribution >= 4 is 5.91 Å². The maximum absolute atomic E-state index is 12.3. The van der Waals surface area contributed by atoms with Gasteiger partial charge >= 0.3 is 0 Å². The number of amides is 1. The van der Waals surface area contributed by atoms with Gasteiger partial charge in [-0.25, -0.2) is 0 Å². The standard InChI is InChI=1S/C22H25N3O2/c1-16-14-24-25(15-16)12-4-11-23-22(27)19-9-7-18(8-10-19)21-6-3-5-20(13-21)17(2)26/h3,5-10,13-15,17,26H,4,11-12H2,1-2H3,(H,23,27)/t17-/m0/s1. The topological polar surface area (TPSA) is 67.2 Å². The van der Waals surface area contributed by atoms with Crippen LogP contribution < -0.4 is 5.32 Å². The molecular weight excluding hydrogens is 338 g/mol. The van der Waals surface area contributed by atoms with E-state index in [0.717, 1.165) is 35.2 Å². The number of aromatic nitrogens is 2. The van der Waals surface area contributed by atoms with Crippen LogP contribution in [-0.4, -0.2) is 27.3 Å². The second-order valence-corrected chi connectivity index (χ2v) is 6.77. The number of rotatable bonds is 7. The molecule has 3 aromatic rings. The van der Waals surface area contributed by atoms with Gasteiger partial charge in [0.2, 0.25) is 0 Å². The van der Waals surface area contributed by atoms with Gasteiger partial charge in [0.05, 0.1) is 12.3 Å². The summed E-state index contributed by atoms with van der Waals surface area (Å²) in [4.78, 5) is 12.3. The average Bonchev–Trinajstić information content (AvgIpc) is 3.10. The van der Waals surface area contributed by atoms with Crippen molar-refractivity contribution in [3.05, 3.63) is 77.6 Å². The van der Waals surface area contributed by atoms with Crippen LogP contribution in [0.2, 0.25) is 0 Å². The first-order valence-corrected chi connectivity index (χ1v) is 9.18. The highest BCUT2D eigenvalue weighted by Crippen LogP contribution is 2.23. The minimum Gasteiger partial charge on any atom is -0.389 e. The summed E-state index contributed by atoms with van der Waals surface area (Å²) in [6.07, 6.45) is 4.15. The van der Waals surface area contributed by atoms with Gasteiger partial charge in [-0.05, 0) is 60.7 Å². The highest BCUT2D eigenvalue weighted by atomic mass is 16.3. The van der Waals surface area contributed by atoms with E-state index in [1.54, 1.807) is 6.92 Å². The summed E-state index contributed by atoms with van der Waals surface area (Å²) in [6, 6.07) is 15.3. The summed E-state index contributed by atoms with van der Waals surface area (Å²) in [5.74, 6) is -0.0732. The van der Waals surface area contributed by atoms with E-state index in [9.17, 15) is 9.90 Å². The van der Waals surface area contributed by atoms with Gasteiger partial charge in [-0.1, -0.05) is 30.3 Å². The van der Waals surface area contributed by atoms with Crippen LogP contribution in [0, 0.1) is 6.92 Å². The molecule has 27 heavy (non-hydrogen) atoms. The number of nitrogens with one attached hydrogen (secondary N) is 1. The van der Waals surface area contributed by atoms with Crippen molar-refractivity contribution in [2.75, 3.05) is 6.54 Å². The maximum atomic E-state index is 12.3. The zero-order valence-electron chi connectivity index (χ0n) is 15.7. The number of benzene rings is 2. The molecule has 0 aliphatic heterocycles. The summed E-state index contributed by atoms with van der Waals surface area (Å²) in [5, 5.41) is 16.9. The smallest absolute Gasteiger partial charge is 0.251 e. The van der Waals surface area contributed by atoms with Crippen molar-refractivity contribution in [1.29, 1.82) is 0 Å². The van der Waals surface area contributed by atoms with Crippen molar-refractivity contribution in [3.63, 3.8) is 0 Å². The van der Waals surface area contributed by atoms with Crippen molar-refractivity contribution in [2.24, 2.45) is 0 Å². The molecule has 5 heteroatoms. The third-order valence-corrected chi connectivity index (χ3v) is 4.46. The van der Waals surface area contributed by atoms with Crippen LogP contribution in [0.3, 0.4) is 0 Å². The Morgan fingerprint density at radius 3 is 2.63 bits per heavy atom. The lowest BCUT2D eigenvalue weighted by Crippen LogP contribution is -2.25. The Hall–Kier alpha value is -2.92. The highest BCUT2D eigenvalue weighted by Gasteiger charge is 2.07. The van der Waals surface area contributed by atoms with E-state index >= 15 is 0 Å². The predicted octanol–water partition coefficient (Wildman–Crippen LogP) is 3.73. The molecule has 0 radical (unpaired) electrons. The van der Waals surface area contributed by atoms with Crippen molar-refractivity contribution < 1.29 is 9.90 Å². The molecule has 0 fully saturated rings. The van der Waals surface area contributed by atoms with E-state index in [1.807, 2.05) is 72.5 Å². The van der Waals surface area contributed by atoms with Crippen molar-refractivity contribution in [2.45, 2.75) is 32.9 Å². The van der Waals surface area contributed by atoms with Crippen LogP contribution in [0.15, 0.2) is 60.9 Å². The number of hydrogen-bond donors (Lipinski definition) is 2. The summed E-state index contributed by atoms with van der Waals surface area (Å²) in [5.41, 5.74) is 4.69. The molecule has 3 rings (SSSR count). The molecule has 0 aliphatic rings. The fraction of sp³-hybridized carbons (Fsp3) is 0.273. The lowest BCUT2D eigenvalue weighted by Gasteiger charge is -2.09. The van der Waals surface area contributed by atoms with Crippen LogP contribution in [0.1, 0.15) is 40.9 Å². The van der Waals surface area contributed by atoms with Crippen LogP contribution >= 0.6 is 0 Å². The van der Waals surface area contributed by atoms with E-state index in [2.05, 4.69) is 10.4 Å². The Labute approximate surface area is 159 Å². The second-order valence-electron chi connectivity index (χ2n) is 6.77. The van der Waals surface area contributed by atoms with E-state index < -0.39 is 6.10 Å². The SMILES string of the molecule is Cc1cnn(CCCNC(=O)c2ccc(-c3cccc([C@H](C)O)c3)cc2)c1. The van der Waals surface area contributed by atoms with Crippen LogP contribution in [0.25, 0.3) is 11.1 Å². The van der Waals surface area contributed by atoms with Gasteiger partial charge in [0.15, 0.2) is 0 Å². The van der Waals surface area contributed by atoms with Gasteiger partial charge < -0.3 is 10.4 Å². The van der Waals surface area contributed by atoms with Gasteiger partial charge in [-0.15, -0.1) is 0 Å². The summed E-state index contributed by atoms with van der Waals surface area (Å²) in [6.45, 7) is 5.15. The largest absolute Gasteiger partial charge is 0.389 e. The summed E-state index contributed by atoms with van der Waals surface area (Å²) in [7, 11) is 0. The van der Waals surface area contributed by atoms with E-state index in [1.165, 1.54) is 0 Å². The average molecular weight is 363 g/mol. The molecule has 1 amide bonds. The van der Waals surface area contributed by atoms with Crippen LogP contribution in [-0.2, 0) is 6.54 Å². The Kier molecular flexibility index (Phi) is 6.04. The second kappa shape index (κ2) is 8.64. The van der Waals surface area contributed by atoms with E-state index in [4.69, 9.17) is 0 Å². The molecule has 1 atom stereocenters. The molecule has 1 heterocycles. The Balaban J connectivity index is 1.55. The molecule has 1 aromatic heterocycles. The molecule has 0 aliphatic carbocycles.